The van der Waals surface area contributed by atoms with Crippen molar-refractivity contribution >= 4 is 22.5 Å². The molecule has 1 aromatic heterocycles. The number of nitrogens with one attached hydrogen (secondary N) is 1. The Morgan fingerprint density at radius 3 is 2.80 bits per heavy atom. The van der Waals surface area contributed by atoms with Gasteiger partial charge in [0.25, 0.3) is 5.56 Å². The molecule has 0 unspecified atom stereocenters. The van der Waals surface area contributed by atoms with Crippen LogP contribution >= 0.6 is 11.8 Å². The fourth-order valence-electron chi connectivity index (χ4n) is 1.98. The van der Waals surface area contributed by atoms with Crippen molar-refractivity contribution in [1.29, 1.82) is 0 Å². The van der Waals surface area contributed by atoms with E-state index in [1.165, 1.54) is 29.6 Å². The molecule has 3 rings (SSSR count). The number of halogens is 1. The van der Waals surface area contributed by atoms with Crippen LogP contribution in [0.1, 0.15) is 5.56 Å². The number of H-pyrrole nitrogens is 1. The second-order valence-corrected chi connectivity index (χ2v) is 5.39. The molecule has 0 spiro atoms. The zero-order valence-electron chi connectivity index (χ0n) is 10.5. The smallest absolute Gasteiger partial charge is 0.267 e. The molecule has 1 heterocycles. The van der Waals surface area contributed by atoms with E-state index in [9.17, 15) is 9.18 Å². The third kappa shape index (κ3) is 2.58. The Morgan fingerprint density at radius 2 is 2.00 bits per heavy atom. The number of aromatic amines is 1. The largest absolute Gasteiger partial charge is 0.275 e. The van der Waals surface area contributed by atoms with E-state index >= 15 is 0 Å². The average molecular weight is 286 g/mol. The van der Waals surface area contributed by atoms with Gasteiger partial charge in [-0.25, -0.2) is 9.49 Å². The molecule has 0 amide bonds. The summed E-state index contributed by atoms with van der Waals surface area (Å²) >= 11 is 1.53. The van der Waals surface area contributed by atoms with Gasteiger partial charge < -0.3 is 0 Å². The van der Waals surface area contributed by atoms with Crippen LogP contribution in [-0.4, -0.2) is 10.2 Å². The number of hydrogen-bond acceptors (Lipinski definition) is 3. The molecule has 100 valence electrons. The normalized spacial score (nSPS) is 10.8. The Kier molecular flexibility index (Phi) is 3.52. The molecule has 2 aromatic carbocycles. The first-order valence-electron chi connectivity index (χ1n) is 6.08. The Bertz CT molecular complexity index is 802. The zero-order chi connectivity index (χ0) is 13.9. The minimum absolute atomic E-state index is 0.0593. The van der Waals surface area contributed by atoms with E-state index in [2.05, 4.69) is 10.2 Å². The van der Waals surface area contributed by atoms with Crippen LogP contribution in [0.3, 0.4) is 0 Å². The van der Waals surface area contributed by atoms with E-state index in [0.29, 0.717) is 5.39 Å². The van der Waals surface area contributed by atoms with Crippen LogP contribution in [0.4, 0.5) is 4.39 Å². The number of nitrogens with zero attached hydrogens (tertiary/aromatic N) is 1. The Hall–Kier alpha value is -2.14. The van der Waals surface area contributed by atoms with E-state index in [-0.39, 0.29) is 5.39 Å². The summed E-state index contributed by atoms with van der Waals surface area (Å²) in [6.45, 7) is 0. The maximum atomic E-state index is 14.0. The molecule has 1 N–H and O–H groups in total. The number of thioether (sulfide) groups is 1. The molecular formula is C15H11FN2OS. The summed E-state index contributed by atoms with van der Waals surface area (Å²) < 4.78 is 14.0. The Balaban J connectivity index is 1.92. The maximum absolute atomic E-state index is 14.0. The van der Waals surface area contributed by atoms with Crippen molar-refractivity contribution in [3.63, 3.8) is 0 Å². The van der Waals surface area contributed by atoms with Crippen LogP contribution in [-0.2, 0) is 5.75 Å². The second kappa shape index (κ2) is 5.46. The fourth-order valence-corrected chi connectivity index (χ4v) is 2.91. The van der Waals surface area contributed by atoms with Crippen molar-refractivity contribution < 1.29 is 4.39 Å². The first-order valence-corrected chi connectivity index (χ1v) is 7.06. The number of rotatable bonds is 3. The van der Waals surface area contributed by atoms with Gasteiger partial charge in [-0.15, -0.1) is 11.8 Å². The molecule has 0 bridgehead atoms. The first-order chi connectivity index (χ1) is 9.74. The van der Waals surface area contributed by atoms with Gasteiger partial charge in [0.15, 0.2) is 0 Å². The molecule has 20 heavy (non-hydrogen) atoms. The maximum Gasteiger partial charge on any atom is 0.275 e. The number of aromatic nitrogens is 2. The van der Waals surface area contributed by atoms with E-state index in [1.54, 1.807) is 6.07 Å². The lowest BCUT2D eigenvalue weighted by molar-refractivity contribution is 0.634. The van der Waals surface area contributed by atoms with Crippen LogP contribution in [0.2, 0.25) is 0 Å². The number of fused-ring (bicyclic) bond motifs is 1. The predicted molar refractivity (Wildman–Crippen MR) is 78.3 cm³/mol. The summed E-state index contributed by atoms with van der Waals surface area (Å²) in [6.07, 6.45) is 1.46. The fraction of sp³-hybridized carbons (Fsp3) is 0.0667. The molecule has 0 radical (unpaired) electrons. The van der Waals surface area contributed by atoms with E-state index < -0.39 is 11.4 Å². The standard InChI is InChI=1S/C15H11FN2OS/c16-13-7-12(20-9-10-4-2-1-3-5-10)6-11-8-17-18-15(19)14(11)13/h1-8H,9H2,(H,18,19). The lowest BCUT2D eigenvalue weighted by Gasteiger charge is -2.04. The first kappa shape index (κ1) is 12.9. The van der Waals surface area contributed by atoms with Gasteiger partial charge in [0.2, 0.25) is 0 Å². The molecule has 5 heteroatoms. The van der Waals surface area contributed by atoms with Crippen molar-refractivity contribution in [1.82, 2.24) is 10.2 Å². The molecular weight excluding hydrogens is 275 g/mol. The highest BCUT2D eigenvalue weighted by molar-refractivity contribution is 7.98. The molecule has 0 aliphatic heterocycles. The minimum atomic E-state index is -0.512. The van der Waals surface area contributed by atoms with Crippen LogP contribution in [0.15, 0.2) is 58.4 Å². The lowest BCUT2D eigenvalue weighted by Crippen LogP contribution is -2.09. The Morgan fingerprint density at radius 1 is 1.20 bits per heavy atom. The van der Waals surface area contributed by atoms with Crippen LogP contribution in [0, 0.1) is 5.82 Å². The molecule has 0 aliphatic rings. The molecule has 0 atom stereocenters. The SMILES string of the molecule is O=c1[nH]ncc2cc(SCc3ccccc3)cc(F)c12. The van der Waals surface area contributed by atoms with Gasteiger partial charge in [-0.1, -0.05) is 30.3 Å². The highest BCUT2D eigenvalue weighted by Gasteiger charge is 2.08. The number of hydrogen-bond donors (Lipinski definition) is 1. The van der Waals surface area contributed by atoms with Crippen molar-refractivity contribution in [2.45, 2.75) is 10.6 Å². The van der Waals surface area contributed by atoms with Gasteiger partial charge in [-0.2, -0.15) is 5.10 Å². The molecule has 0 aliphatic carbocycles. The van der Waals surface area contributed by atoms with Crippen LogP contribution in [0.5, 0.6) is 0 Å². The topological polar surface area (TPSA) is 45.8 Å². The van der Waals surface area contributed by atoms with Gasteiger partial charge in [0.05, 0.1) is 11.6 Å². The minimum Gasteiger partial charge on any atom is -0.267 e. The summed E-state index contributed by atoms with van der Waals surface area (Å²) in [4.78, 5) is 12.3. The molecule has 3 nitrogen and oxygen atoms in total. The quantitative estimate of drug-likeness (QED) is 0.751. The highest BCUT2D eigenvalue weighted by Crippen LogP contribution is 2.26. The van der Waals surface area contributed by atoms with Crippen molar-refractivity contribution in [3.05, 3.63) is 70.4 Å². The van der Waals surface area contributed by atoms with E-state index in [1.807, 2.05) is 30.3 Å². The monoisotopic (exact) mass is 286 g/mol. The molecule has 3 aromatic rings. The second-order valence-electron chi connectivity index (χ2n) is 4.34. The summed E-state index contributed by atoms with van der Waals surface area (Å²) in [7, 11) is 0. The van der Waals surface area contributed by atoms with Gasteiger partial charge in [0, 0.05) is 16.0 Å². The lowest BCUT2D eigenvalue weighted by atomic mass is 10.2. The highest BCUT2D eigenvalue weighted by atomic mass is 32.2. The molecule has 0 saturated carbocycles. The van der Waals surface area contributed by atoms with Crippen molar-refractivity contribution in [2.75, 3.05) is 0 Å². The van der Waals surface area contributed by atoms with Crippen LogP contribution < -0.4 is 5.56 Å². The summed E-state index contributed by atoms with van der Waals surface area (Å²) in [5.74, 6) is 0.240. The van der Waals surface area contributed by atoms with Crippen molar-refractivity contribution in [2.24, 2.45) is 0 Å². The summed E-state index contributed by atoms with van der Waals surface area (Å²) in [5, 5.41) is 6.52. The predicted octanol–water partition coefficient (Wildman–Crippen LogP) is 3.35. The zero-order valence-corrected chi connectivity index (χ0v) is 11.3. The average Bonchev–Trinajstić information content (AvgIpc) is 2.46. The third-order valence-corrected chi connectivity index (χ3v) is 3.99. The molecule has 0 saturated heterocycles. The van der Waals surface area contributed by atoms with Gasteiger partial charge >= 0.3 is 0 Å². The van der Waals surface area contributed by atoms with E-state index in [0.717, 1.165) is 10.6 Å². The third-order valence-electron chi connectivity index (χ3n) is 2.94. The Labute approximate surface area is 118 Å². The van der Waals surface area contributed by atoms with Gasteiger partial charge in [-0.05, 0) is 17.7 Å². The van der Waals surface area contributed by atoms with Gasteiger partial charge in [0.1, 0.15) is 5.82 Å². The summed E-state index contributed by atoms with van der Waals surface area (Å²) in [6, 6.07) is 13.1. The van der Waals surface area contributed by atoms with Crippen molar-refractivity contribution in [3.8, 4) is 0 Å². The summed E-state index contributed by atoms with van der Waals surface area (Å²) in [5.41, 5.74) is 0.668. The van der Waals surface area contributed by atoms with E-state index in [4.69, 9.17) is 0 Å². The molecule has 0 fully saturated rings. The number of benzene rings is 2. The van der Waals surface area contributed by atoms with Crippen LogP contribution in [0.25, 0.3) is 10.8 Å². The van der Waals surface area contributed by atoms with Gasteiger partial charge in [-0.3, -0.25) is 4.79 Å².